The Kier molecular flexibility index (Phi) is 5.47. The van der Waals surface area contributed by atoms with Crippen LogP contribution >= 0.6 is 0 Å². The molecule has 1 heterocycles. The van der Waals surface area contributed by atoms with E-state index in [1.165, 1.54) is 6.08 Å². The lowest BCUT2D eigenvalue weighted by molar-refractivity contribution is -0.116. The average Bonchev–Trinajstić information content (AvgIpc) is 3.24. The minimum Gasteiger partial charge on any atom is -0.496 e. The molecule has 1 amide bonds. The van der Waals surface area contributed by atoms with Gasteiger partial charge in [-0.3, -0.25) is 4.79 Å². The van der Waals surface area contributed by atoms with E-state index >= 15 is 0 Å². The molecule has 0 fully saturated rings. The van der Waals surface area contributed by atoms with Crippen LogP contribution in [-0.2, 0) is 4.79 Å². The zero-order valence-corrected chi connectivity index (χ0v) is 16.0. The Morgan fingerprint density at radius 2 is 1.76 bits per heavy atom. The minimum absolute atomic E-state index is 0.206. The number of para-hydroxylation sites is 1. The molecule has 1 unspecified atom stereocenters. The molecule has 5 nitrogen and oxygen atoms in total. The van der Waals surface area contributed by atoms with E-state index in [0.717, 1.165) is 22.4 Å². The van der Waals surface area contributed by atoms with Crippen LogP contribution in [0.1, 0.15) is 22.7 Å². The topological polar surface area (TPSA) is 56.8 Å². The molecule has 0 saturated heterocycles. The summed E-state index contributed by atoms with van der Waals surface area (Å²) < 4.78 is 16.2. The number of ether oxygens (including phenoxy) is 3. The van der Waals surface area contributed by atoms with Gasteiger partial charge in [0, 0.05) is 11.6 Å². The third-order valence-corrected chi connectivity index (χ3v) is 4.69. The summed E-state index contributed by atoms with van der Waals surface area (Å²) in [4.78, 5) is 12.7. The fourth-order valence-corrected chi connectivity index (χ4v) is 3.27. The number of nitrogens with one attached hydrogen (secondary N) is 1. The van der Waals surface area contributed by atoms with Crippen molar-refractivity contribution < 1.29 is 19.0 Å². The molecule has 1 aliphatic rings. The number of fused-ring (bicyclic) bond motifs is 1. The number of carbonyl (C=O) groups is 1. The molecule has 29 heavy (non-hydrogen) atoms. The summed E-state index contributed by atoms with van der Waals surface area (Å²) in [5, 5.41) is 3.09. The summed E-state index contributed by atoms with van der Waals surface area (Å²) in [5.74, 6) is 1.92. The standard InChI is InChI=1S/C24H21NO4/c1-27-20-10-6-5-9-19(20)24(18-7-3-2-4-8-18)25-23(26)14-12-17-11-13-21-22(15-17)29-16-28-21/h2-15,24H,16H2,1H3,(H,25,26). The summed E-state index contributed by atoms with van der Waals surface area (Å²) in [6, 6.07) is 22.7. The number of hydrogen-bond acceptors (Lipinski definition) is 4. The van der Waals surface area contributed by atoms with Crippen molar-refractivity contribution in [2.45, 2.75) is 6.04 Å². The molecule has 5 heteroatoms. The molecule has 0 bridgehead atoms. The zero-order chi connectivity index (χ0) is 20.1. The molecule has 0 spiro atoms. The van der Waals surface area contributed by atoms with E-state index in [4.69, 9.17) is 14.2 Å². The monoisotopic (exact) mass is 387 g/mol. The van der Waals surface area contributed by atoms with Crippen LogP contribution in [0.4, 0.5) is 0 Å². The minimum atomic E-state index is -0.332. The Hall–Kier alpha value is -3.73. The number of amides is 1. The summed E-state index contributed by atoms with van der Waals surface area (Å²) in [5.41, 5.74) is 2.73. The number of benzene rings is 3. The molecule has 146 valence electrons. The van der Waals surface area contributed by atoms with Crippen LogP contribution in [0.5, 0.6) is 17.2 Å². The zero-order valence-electron chi connectivity index (χ0n) is 16.0. The van der Waals surface area contributed by atoms with Crippen molar-refractivity contribution in [2.75, 3.05) is 13.9 Å². The first kappa shape index (κ1) is 18.6. The van der Waals surface area contributed by atoms with Gasteiger partial charge in [0.25, 0.3) is 0 Å². The molecule has 0 radical (unpaired) electrons. The SMILES string of the molecule is COc1ccccc1C(NC(=O)C=Cc1ccc2c(c1)OCO2)c1ccccc1. The van der Waals surface area contributed by atoms with Gasteiger partial charge >= 0.3 is 0 Å². The number of methoxy groups -OCH3 is 1. The van der Waals surface area contributed by atoms with Gasteiger partial charge in [-0.05, 0) is 35.4 Å². The fraction of sp³-hybridized carbons (Fsp3) is 0.125. The maximum atomic E-state index is 12.7. The number of rotatable bonds is 6. The second-order valence-corrected chi connectivity index (χ2v) is 6.54. The predicted molar refractivity (Wildman–Crippen MR) is 111 cm³/mol. The summed E-state index contributed by atoms with van der Waals surface area (Å²) in [6.45, 7) is 0.223. The number of carbonyl (C=O) groups excluding carboxylic acids is 1. The Morgan fingerprint density at radius 1 is 1.00 bits per heavy atom. The largest absolute Gasteiger partial charge is 0.496 e. The van der Waals surface area contributed by atoms with E-state index in [0.29, 0.717) is 11.5 Å². The molecule has 0 aliphatic carbocycles. The van der Waals surface area contributed by atoms with Crippen molar-refractivity contribution in [3.05, 3.63) is 95.6 Å². The highest BCUT2D eigenvalue weighted by molar-refractivity contribution is 5.92. The first-order valence-electron chi connectivity index (χ1n) is 9.30. The van der Waals surface area contributed by atoms with Crippen molar-refractivity contribution >= 4 is 12.0 Å². The third kappa shape index (κ3) is 4.24. The van der Waals surface area contributed by atoms with Crippen molar-refractivity contribution in [1.29, 1.82) is 0 Å². The van der Waals surface area contributed by atoms with Crippen molar-refractivity contribution in [3.63, 3.8) is 0 Å². The highest BCUT2D eigenvalue weighted by Gasteiger charge is 2.19. The molecule has 0 saturated carbocycles. The smallest absolute Gasteiger partial charge is 0.244 e. The lowest BCUT2D eigenvalue weighted by Crippen LogP contribution is -2.28. The molecular weight excluding hydrogens is 366 g/mol. The van der Waals surface area contributed by atoms with E-state index in [-0.39, 0.29) is 18.7 Å². The van der Waals surface area contributed by atoms with Gasteiger partial charge in [-0.15, -0.1) is 0 Å². The first-order chi connectivity index (χ1) is 14.2. The average molecular weight is 387 g/mol. The Balaban J connectivity index is 1.56. The number of hydrogen-bond donors (Lipinski definition) is 1. The van der Waals surface area contributed by atoms with Crippen LogP contribution in [0.15, 0.2) is 78.9 Å². The van der Waals surface area contributed by atoms with Gasteiger partial charge < -0.3 is 19.5 Å². The predicted octanol–water partition coefficient (Wildman–Crippen LogP) is 4.34. The molecule has 1 atom stereocenters. The maximum absolute atomic E-state index is 12.7. The van der Waals surface area contributed by atoms with Crippen LogP contribution in [-0.4, -0.2) is 19.8 Å². The van der Waals surface area contributed by atoms with Gasteiger partial charge in [-0.2, -0.15) is 0 Å². The van der Waals surface area contributed by atoms with Crippen LogP contribution in [0.25, 0.3) is 6.08 Å². The van der Waals surface area contributed by atoms with E-state index in [2.05, 4.69) is 5.32 Å². The van der Waals surface area contributed by atoms with Gasteiger partial charge in [0.05, 0.1) is 13.2 Å². The van der Waals surface area contributed by atoms with Gasteiger partial charge in [0.1, 0.15) is 5.75 Å². The van der Waals surface area contributed by atoms with Crippen LogP contribution in [0.2, 0.25) is 0 Å². The first-order valence-corrected chi connectivity index (χ1v) is 9.30. The lowest BCUT2D eigenvalue weighted by Gasteiger charge is -2.21. The quantitative estimate of drug-likeness (QED) is 0.639. The van der Waals surface area contributed by atoms with E-state index in [1.807, 2.05) is 72.8 Å². The second kappa shape index (κ2) is 8.52. The van der Waals surface area contributed by atoms with Gasteiger partial charge in [-0.1, -0.05) is 54.6 Å². The summed E-state index contributed by atoms with van der Waals surface area (Å²) in [7, 11) is 1.63. The van der Waals surface area contributed by atoms with Crippen LogP contribution < -0.4 is 19.5 Å². The van der Waals surface area contributed by atoms with Gasteiger partial charge in [-0.25, -0.2) is 0 Å². The van der Waals surface area contributed by atoms with Crippen LogP contribution in [0, 0.1) is 0 Å². The fourth-order valence-electron chi connectivity index (χ4n) is 3.27. The van der Waals surface area contributed by atoms with Crippen molar-refractivity contribution in [1.82, 2.24) is 5.32 Å². The molecule has 3 aromatic carbocycles. The highest BCUT2D eigenvalue weighted by Crippen LogP contribution is 2.33. The van der Waals surface area contributed by atoms with Gasteiger partial charge in [0.2, 0.25) is 12.7 Å². The Bertz CT molecular complexity index is 1030. The van der Waals surface area contributed by atoms with Gasteiger partial charge in [0.15, 0.2) is 11.5 Å². The molecule has 4 rings (SSSR count). The van der Waals surface area contributed by atoms with E-state index < -0.39 is 0 Å². The normalized spacial score (nSPS) is 13.3. The Labute approximate surface area is 169 Å². The Morgan fingerprint density at radius 3 is 2.59 bits per heavy atom. The lowest BCUT2D eigenvalue weighted by atomic mass is 9.97. The molecular formula is C24H21NO4. The van der Waals surface area contributed by atoms with Crippen molar-refractivity contribution in [3.8, 4) is 17.2 Å². The molecule has 1 aliphatic heterocycles. The molecule has 1 N–H and O–H groups in total. The summed E-state index contributed by atoms with van der Waals surface area (Å²) >= 11 is 0. The third-order valence-electron chi connectivity index (χ3n) is 4.69. The van der Waals surface area contributed by atoms with E-state index in [9.17, 15) is 4.79 Å². The summed E-state index contributed by atoms with van der Waals surface area (Å²) in [6.07, 6.45) is 3.27. The van der Waals surface area contributed by atoms with Crippen molar-refractivity contribution in [2.24, 2.45) is 0 Å². The molecule has 3 aromatic rings. The van der Waals surface area contributed by atoms with E-state index in [1.54, 1.807) is 13.2 Å². The van der Waals surface area contributed by atoms with Crippen LogP contribution in [0.3, 0.4) is 0 Å². The molecule has 0 aromatic heterocycles. The highest BCUT2D eigenvalue weighted by atomic mass is 16.7. The second-order valence-electron chi connectivity index (χ2n) is 6.54. The maximum Gasteiger partial charge on any atom is 0.244 e.